The van der Waals surface area contributed by atoms with Crippen LogP contribution in [0.2, 0.25) is 0 Å². The van der Waals surface area contributed by atoms with Gasteiger partial charge in [0.25, 0.3) is 11.8 Å². The first-order chi connectivity index (χ1) is 12.5. The monoisotopic (exact) mass is 352 g/mol. The van der Waals surface area contributed by atoms with Crippen molar-refractivity contribution < 1.29 is 14.3 Å². The van der Waals surface area contributed by atoms with Crippen LogP contribution in [0.15, 0.2) is 42.5 Å². The Balaban J connectivity index is 1.63. The highest BCUT2D eigenvalue weighted by Gasteiger charge is 2.25. The van der Waals surface area contributed by atoms with Crippen LogP contribution < -0.4 is 4.74 Å². The minimum absolute atomic E-state index is 0.00147. The molecule has 2 aromatic carbocycles. The first-order valence-electron chi connectivity index (χ1n) is 8.79. The van der Waals surface area contributed by atoms with Crippen molar-refractivity contribution in [3.05, 3.63) is 64.7 Å². The quantitative estimate of drug-likeness (QED) is 0.853. The van der Waals surface area contributed by atoms with Crippen molar-refractivity contribution in [2.45, 2.75) is 13.8 Å². The molecule has 1 aliphatic rings. The Hall–Kier alpha value is -2.82. The van der Waals surface area contributed by atoms with Crippen LogP contribution in [0.1, 0.15) is 31.8 Å². The number of benzene rings is 2. The van der Waals surface area contributed by atoms with Crippen LogP contribution in [0, 0.1) is 13.8 Å². The topological polar surface area (TPSA) is 49.9 Å². The number of carbonyl (C=O) groups excluding carboxylic acids is 2. The van der Waals surface area contributed by atoms with Crippen LogP contribution in [0.3, 0.4) is 0 Å². The normalized spacial score (nSPS) is 14.3. The van der Waals surface area contributed by atoms with Crippen molar-refractivity contribution in [3.8, 4) is 5.75 Å². The lowest BCUT2D eigenvalue weighted by atomic mass is 10.1. The van der Waals surface area contributed by atoms with Crippen molar-refractivity contribution in [2.75, 3.05) is 33.3 Å². The molecule has 0 saturated carbocycles. The molecule has 0 N–H and O–H groups in total. The maximum absolute atomic E-state index is 12.7. The van der Waals surface area contributed by atoms with Crippen molar-refractivity contribution in [3.63, 3.8) is 0 Å². The van der Waals surface area contributed by atoms with E-state index >= 15 is 0 Å². The number of aryl methyl sites for hydroxylation is 2. The largest absolute Gasteiger partial charge is 0.496 e. The number of rotatable bonds is 3. The van der Waals surface area contributed by atoms with Gasteiger partial charge in [0, 0.05) is 37.3 Å². The van der Waals surface area contributed by atoms with E-state index in [1.54, 1.807) is 18.1 Å². The summed E-state index contributed by atoms with van der Waals surface area (Å²) in [4.78, 5) is 29.0. The first-order valence-corrected chi connectivity index (χ1v) is 8.79. The van der Waals surface area contributed by atoms with Gasteiger partial charge < -0.3 is 14.5 Å². The maximum Gasteiger partial charge on any atom is 0.253 e. The predicted molar refractivity (Wildman–Crippen MR) is 101 cm³/mol. The zero-order valence-corrected chi connectivity index (χ0v) is 15.5. The van der Waals surface area contributed by atoms with Crippen molar-refractivity contribution in [2.24, 2.45) is 0 Å². The second-order valence-corrected chi connectivity index (χ2v) is 6.64. The third kappa shape index (κ3) is 3.72. The third-order valence-corrected chi connectivity index (χ3v) is 4.76. The zero-order chi connectivity index (χ0) is 18.7. The number of hydrogen-bond donors (Lipinski definition) is 0. The minimum Gasteiger partial charge on any atom is -0.496 e. The molecule has 0 spiro atoms. The molecule has 2 aromatic rings. The first kappa shape index (κ1) is 18.0. The summed E-state index contributed by atoms with van der Waals surface area (Å²) in [6.45, 7) is 6.09. The average Bonchev–Trinajstić information content (AvgIpc) is 2.67. The molecule has 2 amide bonds. The Labute approximate surface area is 154 Å². The van der Waals surface area contributed by atoms with E-state index in [2.05, 4.69) is 0 Å². The van der Waals surface area contributed by atoms with Crippen LogP contribution in [-0.4, -0.2) is 54.9 Å². The Morgan fingerprint density at radius 2 is 1.42 bits per heavy atom. The van der Waals surface area contributed by atoms with E-state index < -0.39 is 0 Å². The van der Waals surface area contributed by atoms with E-state index in [0.29, 0.717) is 37.3 Å². The number of nitrogens with zero attached hydrogens (tertiary/aromatic N) is 2. The Bertz CT molecular complexity index is 824. The van der Waals surface area contributed by atoms with Crippen LogP contribution in [0.4, 0.5) is 0 Å². The summed E-state index contributed by atoms with van der Waals surface area (Å²) in [7, 11) is 1.62. The second-order valence-electron chi connectivity index (χ2n) is 6.64. The van der Waals surface area contributed by atoms with Gasteiger partial charge >= 0.3 is 0 Å². The van der Waals surface area contributed by atoms with Gasteiger partial charge in [-0.1, -0.05) is 17.7 Å². The standard InChI is InChI=1S/C21H24N2O3/c1-15-5-4-6-17(13-15)20(24)22-9-11-23(12-10-22)21(25)18-7-8-19(26-3)16(2)14-18/h4-8,13-14H,9-12H2,1-3H3. The highest BCUT2D eigenvalue weighted by atomic mass is 16.5. The summed E-state index contributed by atoms with van der Waals surface area (Å²) in [6, 6.07) is 13.1. The van der Waals surface area contributed by atoms with Gasteiger partial charge in [-0.25, -0.2) is 0 Å². The molecule has 0 aliphatic carbocycles. The number of piperazine rings is 1. The fourth-order valence-electron chi connectivity index (χ4n) is 3.27. The Morgan fingerprint density at radius 1 is 0.846 bits per heavy atom. The summed E-state index contributed by atoms with van der Waals surface area (Å²) in [5, 5.41) is 0. The van der Waals surface area contributed by atoms with Gasteiger partial charge in [-0.05, 0) is 49.7 Å². The molecule has 26 heavy (non-hydrogen) atoms. The smallest absolute Gasteiger partial charge is 0.253 e. The molecule has 5 heteroatoms. The third-order valence-electron chi connectivity index (χ3n) is 4.76. The number of hydrogen-bond acceptors (Lipinski definition) is 3. The van der Waals surface area contributed by atoms with Gasteiger partial charge in [-0.3, -0.25) is 9.59 Å². The Kier molecular flexibility index (Phi) is 5.26. The molecule has 1 saturated heterocycles. The van der Waals surface area contributed by atoms with Gasteiger partial charge in [-0.15, -0.1) is 0 Å². The van der Waals surface area contributed by atoms with Gasteiger partial charge in [0.05, 0.1) is 7.11 Å². The van der Waals surface area contributed by atoms with E-state index in [-0.39, 0.29) is 11.8 Å². The fraction of sp³-hybridized carbons (Fsp3) is 0.333. The molecule has 1 aliphatic heterocycles. The van der Waals surface area contributed by atoms with Gasteiger partial charge in [-0.2, -0.15) is 0 Å². The summed E-state index contributed by atoms with van der Waals surface area (Å²) in [5.41, 5.74) is 3.36. The molecule has 5 nitrogen and oxygen atoms in total. The van der Waals surface area contributed by atoms with Crippen LogP contribution in [0.25, 0.3) is 0 Å². The van der Waals surface area contributed by atoms with Crippen LogP contribution in [0.5, 0.6) is 5.75 Å². The van der Waals surface area contributed by atoms with Gasteiger partial charge in [0.2, 0.25) is 0 Å². The summed E-state index contributed by atoms with van der Waals surface area (Å²) in [5.74, 6) is 0.801. The summed E-state index contributed by atoms with van der Waals surface area (Å²) < 4.78 is 5.25. The zero-order valence-electron chi connectivity index (χ0n) is 15.5. The summed E-state index contributed by atoms with van der Waals surface area (Å²) in [6.07, 6.45) is 0. The van der Waals surface area contributed by atoms with Crippen molar-refractivity contribution in [1.82, 2.24) is 9.80 Å². The lowest BCUT2D eigenvalue weighted by Crippen LogP contribution is -2.50. The summed E-state index contributed by atoms with van der Waals surface area (Å²) >= 11 is 0. The average molecular weight is 352 g/mol. The lowest BCUT2D eigenvalue weighted by Gasteiger charge is -2.35. The molecular formula is C21H24N2O3. The van der Waals surface area contributed by atoms with E-state index in [9.17, 15) is 9.59 Å². The molecule has 1 heterocycles. The van der Waals surface area contributed by atoms with Gasteiger partial charge in [0.1, 0.15) is 5.75 Å². The maximum atomic E-state index is 12.7. The Morgan fingerprint density at radius 3 is 1.92 bits per heavy atom. The highest BCUT2D eigenvalue weighted by molar-refractivity contribution is 5.96. The number of methoxy groups -OCH3 is 1. The molecule has 0 atom stereocenters. The lowest BCUT2D eigenvalue weighted by molar-refractivity contribution is 0.0535. The van der Waals surface area contributed by atoms with Crippen molar-refractivity contribution in [1.29, 1.82) is 0 Å². The molecule has 0 bridgehead atoms. The molecular weight excluding hydrogens is 328 g/mol. The molecule has 1 fully saturated rings. The van der Waals surface area contributed by atoms with E-state index in [1.165, 1.54) is 0 Å². The fourth-order valence-corrected chi connectivity index (χ4v) is 3.27. The number of amides is 2. The van der Waals surface area contributed by atoms with E-state index in [4.69, 9.17) is 4.74 Å². The molecule has 136 valence electrons. The number of ether oxygens (including phenoxy) is 1. The van der Waals surface area contributed by atoms with Crippen LogP contribution >= 0.6 is 0 Å². The van der Waals surface area contributed by atoms with Crippen molar-refractivity contribution >= 4 is 11.8 Å². The van der Waals surface area contributed by atoms with Gasteiger partial charge in [0.15, 0.2) is 0 Å². The highest BCUT2D eigenvalue weighted by Crippen LogP contribution is 2.20. The van der Waals surface area contributed by atoms with Crippen LogP contribution in [-0.2, 0) is 0 Å². The second kappa shape index (κ2) is 7.60. The molecule has 0 unspecified atom stereocenters. The number of carbonyl (C=O) groups is 2. The molecule has 0 radical (unpaired) electrons. The predicted octanol–water partition coefficient (Wildman–Crippen LogP) is 2.91. The molecule has 0 aromatic heterocycles. The minimum atomic E-state index is -0.00147. The molecule has 3 rings (SSSR count). The van der Waals surface area contributed by atoms with E-state index in [1.807, 2.05) is 55.1 Å². The SMILES string of the molecule is COc1ccc(C(=O)N2CCN(C(=O)c3cccc(C)c3)CC2)cc1C. The van der Waals surface area contributed by atoms with E-state index in [0.717, 1.165) is 16.9 Å².